The van der Waals surface area contributed by atoms with Gasteiger partial charge in [-0.15, -0.1) is 0 Å². The van der Waals surface area contributed by atoms with E-state index in [9.17, 15) is 0 Å². The molecular formula is C19H30Cl2O2SiZr. The molecule has 25 heavy (non-hydrogen) atoms. The van der Waals surface area contributed by atoms with Crippen LogP contribution in [0.4, 0.5) is 0 Å². The average molecular weight is 481 g/mol. The molecule has 0 unspecified atom stereocenters. The van der Waals surface area contributed by atoms with E-state index in [0.717, 1.165) is 17.9 Å². The number of allylic oxidation sites excluding steroid dienone is 6. The van der Waals surface area contributed by atoms with Gasteiger partial charge in [-0.1, -0.05) is 0 Å². The topological polar surface area (TPSA) is 18.5 Å². The molecule has 0 bridgehead atoms. The summed E-state index contributed by atoms with van der Waals surface area (Å²) in [5.74, 6) is 2.04. The third kappa shape index (κ3) is 5.15. The van der Waals surface area contributed by atoms with Gasteiger partial charge in [0.1, 0.15) is 0 Å². The molecule has 2 nitrogen and oxygen atoms in total. The van der Waals surface area contributed by atoms with Crippen LogP contribution in [-0.2, 0) is 32.4 Å². The van der Waals surface area contributed by atoms with Gasteiger partial charge < -0.3 is 24.8 Å². The maximum atomic E-state index is 6.24. The Bertz CT molecular complexity index is 653. The van der Waals surface area contributed by atoms with E-state index in [1.165, 1.54) is 20.0 Å². The summed E-state index contributed by atoms with van der Waals surface area (Å²) in [6.45, 7) is 18.3. The fraction of sp³-hybridized carbons (Fsp3) is 0.579. The van der Waals surface area contributed by atoms with Crippen molar-refractivity contribution in [3.63, 3.8) is 0 Å². The van der Waals surface area contributed by atoms with E-state index >= 15 is 0 Å². The van der Waals surface area contributed by atoms with E-state index in [2.05, 4.69) is 60.3 Å². The second kappa shape index (κ2) is 8.95. The molecule has 2 aliphatic rings. The van der Waals surface area contributed by atoms with E-state index in [4.69, 9.17) is 9.16 Å². The summed E-state index contributed by atoms with van der Waals surface area (Å²) in [5, 5.41) is 0. The molecule has 0 radical (unpaired) electrons. The van der Waals surface area contributed by atoms with Crippen LogP contribution in [0.25, 0.3) is 0 Å². The van der Waals surface area contributed by atoms with Crippen LogP contribution in [0.5, 0.6) is 0 Å². The van der Waals surface area contributed by atoms with Gasteiger partial charge in [0.15, 0.2) is 0 Å². The molecule has 6 heteroatoms. The van der Waals surface area contributed by atoms with Crippen molar-refractivity contribution in [1.29, 1.82) is 0 Å². The van der Waals surface area contributed by atoms with Crippen LogP contribution < -0.4 is 24.8 Å². The third-order valence-electron chi connectivity index (χ3n) is 4.95. The van der Waals surface area contributed by atoms with Crippen molar-refractivity contribution in [2.45, 2.75) is 60.7 Å². The minimum absolute atomic E-state index is 0. The van der Waals surface area contributed by atoms with Crippen molar-refractivity contribution in [3.8, 4) is 0 Å². The molecule has 2 aliphatic carbocycles. The fourth-order valence-corrected chi connectivity index (χ4v) is 8.34. The molecule has 0 N–H and O–H groups in total. The number of hydrogen-bond acceptors (Lipinski definition) is 2. The van der Waals surface area contributed by atoms with Crippen LogP contribution in [0, 0.1) is 5.41 Å². The van der Waals surface area contributed by atoms with Gasteiger partial charge in [-0.25, -0.2) is 0 Å². The fourth-order valence-electron chi connectivity index (χ4n) is 3.27. The Morgan fingerprint density at radius 2 is 1.60 bits per heavy atom. The molecule has 0 fully saturated rings. The summed E-state index contributed by atoms with van der Waals surface area (Å²) < 4.78 is 15.2. The Morgan fingerprint density at radius 1 is 1.04 bits per heavy atom. The Kier molecular flexibility index (Phi) is 9.04. The predicted molar refractivity (Wildman–Crippen MR) is 96.0 cm³/mol. The molecule has 0 atom stereocenters. The second-order valence-electron chi connectivity index (χ2n) is 8.00. The number of ether oxygens (including phenoxy) is 1. The smallest absolute Gasteiger partial charge is 1.00 e. The molecule has 0 saturated carbocycles. The zero-order valence-electron chi connectivity index (χ0n) is 16.9. The van der Waals surface area contributed by atoms with Crippen molar-refractivity contribution in [2.24, 2.45) is 5.41 Å². The van der Waals surface area contributed by atoms with Crippen molar-refractivity contribution in [3.05, 3.63) is 40.9 Å². The quantitative estimate of drug-likeness (QED) is 0.505. The van der Waals surface area contributed by atoms with Crippen molar-refractivity contribution >= 4 is 8.32 Å². The number of rotatable bonds is 5. The van der Waals surface area contributed by atoms with Gasteiger partial charge in [-0.3, -0.25) is 0 Å². The van der Waals surface area contributed by atoms with E-state index in [-0.39, 0.29) is 30.2 Å². The molecule has 0 saturated heterocycles. The molecule has 140 valence electrons. The Labute approximate surface area is 178 Å². The molecule has 0 aromatic rings. The van der Waals surface area contributed by atoms with Gasteiger partial charge in [0, 0.05) is 0 Å². The zero-order chi connectivity index (χ0) is 17.6. The zero-order valence-corrected chi connectivity index (χ0v) is 21.8. The van der Waals surface area contributed by atoms with Gasteiger partial charge in [-0.05, 0) is 0 Å². The second-order valence-corrected chi connectivity index (χ2v) is 15.8. The third-order valence-corrected chi connectivity index (χ3v) is 10.7. The largest absolute Gasteiger partial charge is 1.00 e. The van der Waals surface area contributed by atoms with Crippen LogP contribution in [-0.4, -0.2) is 15.4 Å². The number of halogens is 2. The molecule has 0 aliphatic heterocycles. The van der Waals surface area contributed by atoms with Crippen LogP contribution in [0.1, 0.15) is 41.0 Å². The first kappa shape index (κ1) is 25.2. The summed E-state index contributed by atoms with van der Waals surface area (Å²) in [4.78, 5) is 0. The summed E-state index contributed by atoms with van der Waals surface area (Å²) in [7, 11) is 0.187. The van der Waals surface area contributed by atoms with E-state index in [1.54, 1.807) is 10.4 Å². The minimum atomic E-state index is -1.60. The van der Waals surface area contributed by atoms with Gasteiger partial charge in [0.2, 0.25) is 0 Å². The summed E-state index contributed by atoms with van der Waals surface area (Å²) in [5.41, 5.74) is 4.78. The molecule has 0 amide bonds. The van der Waals surface area contributed by atoms with Crippen molar-refractivity contribution in [1.82, 2.24) is 0 Å². The first-order valence-corrected chi connectivity index (χ1v) is 14.2. The summed E-state index contributed by atoms with van der Waals surface area (Å²) in [6.07, 6.45) is 3.25. The van der Waals surface area contributed by atoms with E-state index in [0.29, 0.717) is 0 Å². The van der Waals surface area contributed by atoms with E-state index < -0.39 is 31.6 Å². The normalized spacial score (nSPS) is 19.3. The van der Waals surface area contributed by atoms with Crippen molar-refractivity contribution < 1.29 is 57.2 Å². The first-order chi connectivity index (χ1) is 10.5. The van der Waals surface area contributed by atoms with E-state index in [1.807, 2.05) is 0 Å². The maximum Gasteiger partial charge on any atom is -1.00 e. The molecular weight excluding hydrogens is 450 g/mol. The Hall–Kier alpha value is 0.240. The number of hydrogen-bond donors (Lipinski definition) is 0. The number of methoxy groups -OCH3 is 1. The minimum Gasteiger partial charge on any atom is -1.00 e. The SMILES string of the molecule is COC1=[C]([Zr+2][C]2=C(C)C(C)=C(C)C2(C)C)CC=C1O[Si](C)(C)C.[Cl-].[Cl-]. The van der Waals surface area contributed by atoms with Crippen LogP contribution in [0.15, 0.2) is 40.9 Å². The maximum absolute atomic E-state index is 6.24. The van der Waals surface area contributed by atoms with Gasteiger partial charge in [0.25, 0.3) is 0 Å². The van der Waals surface area contributed by atoms with Gasteiger partial charge in [0.05, 0.1) is 0 Å². The van der Waals surface area contributed by atoms with Gasteiger partial charge in [-0.2, -0.15) is 0 Å². The predicted octanol–water partition coefficient (Wildman–Crippen LogP) is -0.276. The summed E-state index contributed by atoms with van der Waals surface area (Å²) in [6, 6.07) is 0. The molecule has 2 rings (SSSR count). The Balaban J connectivity index is 0.00000288. The van der Waals surface area contributed by atoms with Gasteiger partial charge >= 0.3 is 155 Å². The van der Waals surface area contributed by atoms with Crippen LogP contribution >= 0.6 is 0 Å². The Morgan fingerprint density at radius 3 is 2.00 bits per heavy atom. The van der Waals surface area contributed by atoms with Crippen molar-refractivity contribution in [2.75, 3.05) is 7.11 Å². The standard InChI is InChI=1S/C10H15.C9H15O2Si.2ClH.Zr/c1-7-6-10(4,5)9(3)8(7)2;1-10-8-6-5-7-9(8)11-12(2,3)4;;;/h1-5H3;7H,5H2,1-4H3;2*1H;/q;;;;+2/p-2. The molecule has 0 aromatic carbocycles. The molecule has 0 heterocycles. The average Bonchev–Trinajstić information content (AvgIpc) is 2.86. The van der Waals surface area contributed by atoms with Crippen LogP contribution in [0.3, 0.4) is 0 Å². The molecule has 0 aromatic heterocycles. The first-order valence-electron chi connectivity index (χ1n) is 8.32. The monoisotopic (exact) mass is 478 g/mol. The molecule has 0 spiro atoms. The van der Waals surface area contributed by atoms with Crippen LogP contribution in [0.2, 0.25) is 19.6 Å². The summed E-state index contributed by atoms with van der Waals surface area (Å²) >= 11 is -0.854.